The highest BCUT2D eigenvalue weighted by molar-refractivity contribution is 5.74. The number of nitrogens with zero attached hydrogens (tertiary/aromatic N) is 4. The number of fused-ring (bicyclic) bond motifs is 1. The molecule has 0 aromatic carbocycles. The van der Waals surface area contributed by atoms with Crippen molar-refractivity contribution >= 4 is 11.7 Å². The number of hydrogen-bond acceptors (Lipinski definition) is 4. The van der Waals surface area contributed by atoms with Gasteiger partial charge < -0.3 is 19.4 Å². The molecule has 0 bridgehead atoms. The average Bonchev–Trinajstić information content (AvgIpc) is 2.97. The van der Waals surface area contributed by atoms with Gasteiger partial charge in [-0.05, 0) is 19.1 Å². The van der Waals surface area contributed by atoms with Crippen molar-refractivity contribution in [3.05, 3.63) is 36.3 Å². The summed E-state index contributed by atoms with van der Waals surface area (Å²) in [5.41, 5.74) is 2.03. The number of amides is 2. The highest BCUT2D eigenvalue weighted by atomic mass is 16.5. The minimum atomic E-state index is -0.00747. The van der Waals surface area contributed by atoms with Crippen LogP contribution in [0, 0.1) is 0 Å². The molecule has 2 amide bonds. The molecule has 24 heavy (non-hydrogen) atoms. The lowest BCUT2D eigenvalue weighted by Gasteiger charge is -2.34. The van der Waals surface area contributed by atoms with Crippen molar-refractivity contribution in [3.63, 3.8) is 0 Å². The Bertz CT molecular complexity index is 645. The molecule has 1 unspecified atom stereocenters. The Balaban J connectivity index is 1.49. The van der Waals surface area contributed by atoms with E-state index >= 15 is 0 Å². The lowest BCUT2D eigenvalue weighted by molar-refractivity contribution is 0.125. The number of ether oxygens (including phenoxy) is 1. The summed E-state index contributed by atoms with van der Waals surface area (Å²) < 4.78 is 7.09. The number of carbonyl (C=O) groups is 1. The summed E-state index contributed by atoms with van der Waals surface area (Å²) in [6.07, 6.45) is 4.08. The summed E-state index contributed by atoms with van der Waals surface area (Å²) in [4.78, 5) is 21.0. The van der Waals surface area contributed by atoms with Crippen LogP contribution >= 0.6 is 0 Å². The van der Waals surface area contributed by atoms with Crippen molar-refractivity contribution in [2.24, 2.45) is 0 Å². The SMILES string of the molecule is COCC(C)NC(=O)N1CCN(Cc2cn3ccccc3n2)CC1. The van der Waals surface area contributed by atoms with Crippen LogP contribution in [0.15, 0.2) is 30.6 Å². The molecule has 0 saturated carbocycles. The van der Waals surface area contributed by atoms with E-state index < -0.39 is 0 Å². The van der Waals surface area contributed by atoms with Gasteiger partial charge in [0.2, 0.25) is 0 Å². The maximum Gasteiger partial charge on any atom is 0.317 e. The zero-order chi connectivity index (χ0) is 16.9. The van der Waals surface area contributed by atoms with Gasteiger partial charge in [-0.25, -0.2) is 9.78 Å². The minimum Gasteiger partial charge on any atom is -0.383 e. The third kappa shape index (κ3) is 4.04. The normalized spacial score (nSPS) is 17.2. The van der Waals surface area contributed by atoms with Gasteiger partial charge in [0.25, 0.3) is 0 Å². The van der Waals surface area contributed by atoms with Crippen molar-refractivity contribution in [2.75, 3.05) is 39.9 Å². The lowest BCUT2D eigenvalue weighted by Crippen LogP contribution is -2.53. The van der Waals surface area contributed by atoms with Crippen molar-refractivity contribution < 1.29 is 9.53 Å². The standard InChI is InChI=1S/C17H25N5O2/c1-14(13-24-2)18-17(23)21-9-7-20(8-10-21)11-15-12-22-6-4-3-5-16(22)19-15/h3-6,12,14H,7-11,13H2,1-2H3,(H,18,23). The van der Waals surface area contributed by atoms with Gasteiger partial charge in [0.15, 0.2) is 0 Å². The molecule has 0 spiro atoms. The van der Waals surface area contributed by atoms with Crippen LogP contribution in [-0.2, 0) is 11.3 Å². The van der Waals surface area contributed by atoms with Crippen molar-refractivity contribution in [2.45, 2.75) is 19.5 Å². The number of aromatic nitrogens is 2. The Hall–Kier alpha value is -2.12. The molecule has 1 aliphatic heterocycles. The van der Waals surface area contributed by atoms with Gasteiger partial charge in [-0.3, -0.25) is 4.90 Å². The molecule has 7 heteroatoms. The summed E-state index contributed by atoms with van der Waals surface area (Å²) in [7, 11) is 1.64. The molecule has 1 atom stereocenters. The fourth-order valence-corrected chi connectivity index (χ4v) is 3.00. The van der Waals surface area contributed by atoms with E-state index in [-0.39, 0.29) is 12.1 Å². The number of methoxy groups -OCH3 is 1. The number of pyridine rings is 1. The van der Waals surface area contributed by atoms with E-state index in [0.717, 1.165) is 44.1 Å². The topological polar surface area (TPSA) is 62.1 Å². The number of carbonyl (C=O) groups excluding carboxylic acids is 1. The molecule has 2 aromatic heterocycles. The molecule has 130 valence electrons. The molecule has 3 heterocycles. The van der Waals surface area contributed by atoms with Gasteiger partial charge in [-0.15, -0.1) is 0 Å². The minimum absolute atomic E-state index is 0.00747. The molecule has 1 aliphatic rings. The van der Waals surface area contributed by atoms with Gasteiger partial charge in [0.05, 0.1) is 18.3 Å². The Morgan fingerprint density at radius 2 is 2.12 bits per heavy atom. The molecule has 0 aliphatic carbocycles. The Morgan fingerprint density at radius 3 is 2.83 bits per heavy atom. The maximum atomic E-state index is 12.2. The van der Waals surface area contributed by atoms with Crippen LogP contribution in [0.4, 0.5) is 4.79 Å². The summed E-state index contributed by atoms with van der Waals surface area (Å²) in [5, 5.41) is 2.96. The van der Waals surface area contributed by atoms with Crippen molar-refractivity contribution in [3.8, 4) is 0 Å². The molecule has 3 rings (SSSR count). The first-order valence-electron chi connectivity index (χ1n) is 8.35. The van der Waals surface area contributed by atoms with Crippen LogP contribution < -0.4 is 5.32 Å². The predicted octanol–water partition coefficient (Wildman–Crippen LogP) is 1.20. The van der Waals surface area contributed by atoms with Crippen LogP contribution in [0.2, 0.25) is 0 Å². The third-order valence-electron chi connectivity index (χ3n) is 4.25. The van der Waals surface area contributed by atoms with Crippen LogP contribution in [-0.4, -0.2) is 71.2 Å². The monoisotopic (exact) mass is 331 g/mol. The Morgan fingerprint density at radius 1 is 1.33 bits per heavy atom. The largest absolute Gasteiger partial charge is 0.383 e. The average molecular weight is 331 g/mol. The van der Waals surface area contributed by atoms with Gasteiger partial charge >= 0.3 is 6.03 Å². The molecule has 1 saturated heterocycles. The number of hydrogen-bond donors (Lipinski definition) is 1. The van der Waals surface area contributed by atoms with Gasteiger partial charge in [-0.2, -0.15) is 0 Å². The molecular weight excluding hydrogens is 306 g/mol. The molecule has 1 fully saturated rings. The first kappa shape index (κ1) is 16.7. The van der Waals surface area contributed by atoms with Crippen LogP contribution in [0.3, 0.4) is 0 Å². The quantitative estimate of drug-likeness (QED) is 0.894. The van der Waals surface area contributed by atoms with E-state index in [4.69, 9.17) is 4.74 Å². The molecule has 2 aromatic rings. The summed E-state index contributed by atoms with van der Waals surface area (Å²) in [6, 6.07) is 6.02. The zero-order valence-corrected chi connectivity index (χ0v) is 14.3. The smallest absolute Gasteiger partial charge is 0.317 e. The Labute approximate surface area is 142 Å². The van der Waals surface area contributed by atoms with Crippen LogP contribution in [0.5, 0.6) is 0 Å². The fourth-order valence-electron chi connectivity index (χ4n) is 3.00. The van der Waals surface area contributed by atoms with Gasteiger partial charge in [0, 0.05) is 52.2 Å². The molecule has 0 radical (unpaired) electrons. The number of nitrogens with one attached hydrogen (secondary N) is 1. The fraction of sp³-hybridized carbons (Fsp3) is 0.529. The first-order chi connectivity index (χ1) is 11.7. The second kappa shape index (κ2) is 7.63. The van der Waals surface area contributed by atoms with E-state index in [0.29, 0.717) is 6.61 Å². The second-order valence-corrected chi connectivity index (χ2v) is 6.27. The Kier molecular flexibility index (Phi) is 5.32. The predicted molar refractivity (Wildman–Crippen MR) is 91.9 cm³/mol. The molecule has 7 nitrogen and oxygen atoms in total. The first-order valence-corrected chi connectivity index (χ1v) is 8.35. The zero-order valence-electron chi connectivity index (χ0n) is 14.3. The highest BCUT2D eigenvalue weighted by Crippen LogP contribution is 2.10. The summed E-state index contributed by atoms with van der Waals surface area (Å²) in [5.74, 6) is 0. The van der Waals surface area contributed by atoms with Gasteiger partial charge in [-0.1, -0.05) is 6.07 Å². The third-order valence-corrected chi connectivity index (χ3v) is 4.25. The molecular formula is C17H25N5O2. The number of rotatable bonds is 5. The lowest BCUT2D eigenvalue weighted by atomic mass is 10.3. The number of piperazine rings is 1. The van der Waals surface area contributed by atoms with Crippen LogP contribution in [0.1, 0.15) is 12.6 Å². The van der Waals surface area contributed by atoms with Crippen LogP contribution in [0.25, 0.3) is 5.65 Å². The van der Waals surface area contributed by atoms with E-state index in [1.54, 1.807) is 7.11 Å². The van der Waals surface area contributed by atoms with Gasteiger partial charge in [0.1, 0.15) is 5.65 Å². The van der Waals surface area contributed by atoms with Crippen molar-refractivity contribution in [1.82, 2.24) is 24.5 Å². The second-order valence-electron chi connectivity index (χ2n) is 6.27. The van der Waals surface area contributed by atoms with E-state index in [2.05, 4.69) is 21.4 Å². The van der Waals surface area contributed by atoms with E-state index in [9.17, 15) is 4.79 Å². The summed E-state index contributed by atoms with van der Waals surface area (Å²) >= 11 is 0. The van der Waals surface area contributed by atoms with E-state index in [1.807, 2.05) is 40.6 Å². The highest BCUT2D eigenvalue weighted by Gasteiger charge is 2.22. The maximum absolute atomic E-state index is 12.2. The van der Waals surface area contributed by atoms with Crippen molar-refractivity contribution in [1.29, 1.82) is 0 Å². The van der Waals surface area contributed by atoms with E-state index in [1.165, 1.54) is 0 Å². The molecule has 1 N–H and O–H groups in total. The summed E-state index contributed by atoms with van der Waals surface area (Å²) in [6.45, 7) is 6.48. The number of imidazole rings is 1. The number of urea groups is 1.